The minimum atomic E-state index is 0.624. The molecule has 0 atom stereocenters. The second-order valence-electron chi connectivity index (χ2n) is 4.00. The lowest BCUT2D eigenvalue weighted by Crippen LogP contribution is -2.02. The highest BCUT2D eigenvalue weighted by Crippen LogP contribution is 2.36. The van der Waals surface area contributed by atoms with Crippen LogP contribution in [0.1, 0.15) is 5.56 Å². The molecule has 1 heterocycles. The molecule has 0 aliphatic heterocycles. The minimum absolute atomic E-state index is 0.624. The Hall–Kier alpha value is -1.68. The predicted octanol–water partition coefficient (Wildman–Crippen LogP) is 1.70. The molecule has 0 bridgehead atoms. The summed E-state index contributed by atoms with van der Waals surface area (Å²) in [5, 5.41) is 1.10. The van der Waals surface area contributed by atoms with Crippen molar-refractivity contribution in [2.75, 3.05) is 20.8 Å². The Balaban J connectivity index is 2.77. The molecule has 0 fully saturated rings. The van der Waals surface area contributed by atoms with Crippen LogP contribution in [-0.4, -0.2) is 25.3 Å². The predicted molar refractivity (Wildman–Crippen MR) is 68.8 cm³/mol. The lowest BCUT2D eigenvalue weighted by atomic mass is 10.1. The maximum absolute atomic E-state index is 5.64. The molecule has 17 heavy (non-hydrogen) atoms. The highest BCUT2D eigenvalue weighted by Gasteiger charge is 2.15. The molecule has 1 aromatic heterocycles. The Labute approximate surface area is 101 Å². The van der Waals surface area contributed by atoms with Gasteiger partial charge in [0.15, 0.2) is 0 Å². The second kappa shape index (κ2) is 4.67. The van der Waals surface area contributed by atoms with Crippen LogP contribution in [0.2, 0.25) is 0 Å². The number of aromatic nitrogens is 1. The summed E-state index contributed by atoms with van der Waals surface area (Å²) >= 11 is 0. The van der Waals surface area contributed by atoms with E-state index < -0.39 is 0 Å². The van der Waals surface area contributed by atoms with E-state index in [9.17, 15) is 0 Å². The number of nitrogens with zero attached hydrogens (tertiary/aromatic N) is 1. The third-order valence-electron chi connectivity index (χ3n) is 2.98. The lowest BCUT2D eigenvalue weighted by molar-refractivity contribution is 0.409. The molecule has 0 unspecified atom stereocenters. The van der Waals surface area contributed by atoms with Crippen LogP contribution in [0.5, 0.6) is 11.5 Å². The van der Waals surface area contributed by atoms with E-state index in [1.54, 1.807) is 14.2 Å². The van der Waals surface area contributed by atoms with Crippen molar-refractivity contribution in [3.63, 3.8) is 0 Å². The summed E-state index contributed by atoms with van der Waals surface area (Å²) < 4.78 is 12.9. The van der Waals surface area contributed by atoms with Crippen molar-refractivity contribution in [1.29, 1.82) is 0 Å². The summed E-state index contributed by atoms with van der Waals surface area (Å²) in [7, 11) is 5.36. The van der Waals surface area contributed by atoms with E-state index >= 15 is 0 Å². The van der Waals surface area contributed by atoms with E-state index in [2.05, 4.69) is 10.8 Å². The van der Waals surface area contributed by atoms with Gasteiger partial charge in [0.25, 0.3) is 0 Å². The third-order valence-corrected chi connectivity index (χ3v) is 2.98. The summed E-state index contributed by atoms with van der Waals surface area (Å²) in [4.78, 5) is 0. The first-order valence-corrected chi connectivity index (χ1v) is 5.61. The summed E-state index contributed by atoms with van der Waals surface area (Å²) in [5.41, 5.74) is 7.89. The summed E-state index contributed by atoms with van der Waals surface area (Å²) in [6.07, 6.45) is 2.92. The monoisotopic (exact) mass is 234 g/mol. The first kappa shape index (κ1) is 11.8. The van der Waals surface area contributed by atoms with Crippen molar-refractivity contribution in [1.82, 2.24) is 4.57 Å². The van der Waals surface area contributed by atoms with Gasteiger partial charge in [0, 0.05) is 18.6 Å². The van der Waals surface area contributed by atoms with Crippen molar-refractivity contribution < 1.29 is 9.47 Å². The number of rotatable bonds is 4. The summed E-state index contributed by atoms with van der Waals surface area (Å²) in [6, 6.07) is 3.86. The second-order valence-corrected chi connectivity index (χ2v) is 4.00. The van der Waals surface area contributed by atoms with Gasteiger partial charge in [-0.3, -0.25) is 0 Å². The normalized spacial score (nSPS) is 10.8. The van der Waals surface area contributed by atoms with E-state index in [1.165, 1.54) is 5.56 Å². The van der Waals surface area contributed by atoms with Crippen LogP contribution in [0.25, 0.3) is 10.9 Å². The maximum Gasteiger partial charge on any atom is 0.143 e. The zero-order chi connectivity index (χ0) is 12.4. The van der Waals surface area contributed by atoms with Crippen LogP contribution in [-0.2, 0) is 13.5 Å². The van der Waals surface area contributed by atoms with Gasteiger partial charge in [-0.15, -0.1) is 0 Å². The highest BCUT2D eigenvalue weighted by atomic mass is 16.5. The summed E-state index contributed by atoms with van der Waals surface area (Å²) in [5.74, 6) is 1.72. The standard InChI is InChI=1S/C13H18N2O2/c1-15-8-9(6-7-14)12-10(16-2)4-5-11(17-3)13(12)15/h4-5,8H,6-7,14H2,1-3H3. The molecule has 0 aliphatic carbocycles. The van der Waals surface area contributed by atoms with Crippen LogP contribution in [0.15, 0.2) is 18.3 Å². The third kappa shape index (κ3) is 1.85. The fourth-order valence-electron chi connectivity index (χ4n) is 2.26. The van der Waals surface area contributed by atoms with Crippen LogP contribution in [0.4, 0.5) is 0 Å². The quantitative estimate of drug-likeness (QED) is 0.876. The van der Waals surface area contributed by atoms with Gasteiger partial charge >= 0.3 is 0 Å². The number of benzene rings is 1. The number of nitrogens with two attached hydrogens (primary N) is 1. The van der Waals surface area contributed by atoms with Crippen molar-refractivity contribution in [3.8, 4) is 11.5 Å². The molecule has 0 radical (unpaired) electrons. The molecule has 0 amide bonds. The molecule has 0 aliphatic rings. The topological polar surface area (TPSA) is 49.4 Å². The molecule has 2 rings (SSSR count). The molecule has 2 N–H and O–H groups in total. The molecule has 0 spiro atoms. The molecule has 0 saturated heterocycles. The Morgan fingerprint density at radius 1 is 1.18 bits per heavy atom. The molecular weight excluding hydrogens is 216 g/mol. The average molecular weight is 234 g/mol. The van der Waals surface area contributed by atoms with Crippen molar-refractivity contribution in [2.45, 2.75) is 6.42 Å². The molecule has 0 saturated carbocycles. The smallest absolute Gasteiger partial charge is 0.143 e. The van der Waals surface area contributed by atoms with E-state index in [4.69, 9.17) is 15.2 Å². The lowest BCUT2D eigenvalue weighted by Gasteiger charge is -2.08. The van der Waals surface area contributed by atoms with Crippen LogP contribution in [0.3, 0.4) is 0 Å². The Bertz CT molecular complexity index is 532. The highest BCUT2D eigenvalue weighted by molar-refractivity contribution is 5.94. The van der Waals surface area contributed by atoms with Gasteiger partial charge in [-0.2, -0.15) is 0 Å². The Kier molecular flexibility index (Phi) is 3.24. The molecule has 2 aromatic rings. The van der Waals surface area contributed by atoms with Gasteiger partial charge in [0.2, 0.25) is 0 Å². The SMILES string of the molecule is COc1ccc(OC)c2c1c(CCN)cn2C. The van der Waals surface area contributed by atoms with E-state index in [-0.39, 0.29) is 0 Å². The number of ether oxygens (including phenoxy) is 2. The summed E-state index contributed by atoms with van der Waals surface area (Å²) in [6.45, 7) is 0.624. The van der Waals surface area contributed by atoms with Gasteiger partial charge in [-0.05, 0) is 30.7 Å². The number of methoxy groups -OCH3 is 2. The molecule has 1 aromatic carbocycles. The number of hydrogen-bond donors (Lipinski definition) is 1. The first-order chi connectivity index (χ1) is 8.22. The molecule has 4 heteroatoms. The van der Waals surface area contributed by atoms with Gasteiger partial charge in [0.05, 0.1) is 19.7 Å². The maximum atomic E-state index is 5.64. The number of fused-ring (bicyclic) bond motifs is 1. The van der Waals surface area contributed by atoms with E-state index in [1.807, 2.05) is 19.2 Å². The Morgan fingerprint density at radius 2 is 1.82 bits per heavy atom. The van der Waals surface area contributed by atoms with Crippen LogP contribution < -0.4 is 15.2 Å². The van der Waals surface area contributed by atoms with Crippen molar-refractivity contribution in [2.24, 2.45) is 12.8 Å². The fourth-order valence-corrected chi connectivity index (χ4v) is 2.26. The largest absolute Gasteiger partial charge is 0.496 e. The Morgan fingerprint density at radius 3 is 2.41 bits per heavy atom. The van der Waals surface area contributed by atoms with Crippen LogP contribution in [0, 0.1) is 0 Å². The van der Waals surface area contributed by atoms with E-state index in [0.717, 1.165) is 28.8 Å². The molecular formula is C13H18N2O2. The first-order valence-electron chi connectivity index (χ1n) is 5.61. The fraction of sp³-hybridized carbons (Fsp3) is 0.385. The number of hydrogen-bond acceptors (Lipinski definition) is 3. The zero-order valence-electron chi connectivity index (χ0n) is 10.5. The average Bonchev–Trinajstić information content (AvgIpc) is 2.67. The minimum Gasteiger partial charge on any atom is -0.496 e. The zero-order valence-corrected chi connectivity index (χ0v) is 10.5. The van der Waals surface area contributed by atoms with Gasteiger partial charge in [0.1, 0.15) is 11.5 Å². The van der Waals surface area contributed by atoms with Crippen molar-refractivity contribution >= 4 is 10.9 Å². The molecule has 4 nitrogen and oxygen atoms in total. The molecule has 92 valence electrons. The van der Waals surface area contributed by atoms with Gasteiger partial charge in [-0.25, -0.2) is 0 Å². The van der Waals surface area contributed by atoms with Crippen molar-refractivity contribution in [3.05, 3.63) is 23.9 Å². The van der Waals surface area contributed by atoms with Gasteiger partial charge < -0.3 is 19.8 Å². The van der Waals surface area contributed by atoms with E-state index in [0.29, 0.717) is 6.54 Å². The number of aryl methyl sites for hydroxylation is 1. The van der Waals surface area contributed by atoms with Gasteiger partial charge in [-0.1, -0.05) is 0 Å². The van der Waals surface area contributed by atoms with Crippen LogP contribution >= 0.6 is 0 Å².